The zero-order chi connectivity index (χ0) is 21.6. The summed E-state index contributed by atoms with van der Waals surface area (Å²) in [5.74, 6) is 2.29. The van der Waals surface area contributed by atoms with Crippen LogP contribution in [0.15, 0.2) is 76.9 Å². The van der Waals surface area contributed by atoms with Crippen molar-refractivity contribution in [3.05, 3.63) is 76.9 Å². The SMILES string of the molecule is CC1=C(/C=C/C(C)=C/C=C/C(C)=C/COc2ccc3c(c2)OCO3)C(C)(C)CCC1. The number of hydrogen-bond acceptors (Lipinski definition) is 3. The van der Waals surface area contributed by atoms with E-state index in [2.05, 4.69) is 71.1 Å². The Morgan fingerprint density at radius 2 is 1.90 bits per heavy atom. The lowest BCUT2D eigenvalue weighted by molar-refractivity contribution is 0.174. The molecule has 1 aliphatic carbocycles. The van der Waals surface area contributed by atoms with Crippen LogP contribution in [0.4, 0.5) is 0 Å². The largest absolute Gasteiger partial charge is 0.489 e. The van der Waals surface area contributed by atoms with E-state index in [1.807, 2.05) is 18.2 Å². The van der Waals surface area contributed by atoms with Crippen molar-refractivity contribution in [1.82, 2.24) is 0 Å². The molecule has 0 amide bonds. The highest BCUT2D eigenvalue weighted by Gasteiger charge is 2.26. The van der Waals surface area contributed by atoms with E-state index >= 15 is 0 Å². The zero-order valence-electron chi connectivity index (χ0n) is 19.0. The molecule has 1 heterocycles. The highest BCUT2D eigenvalue weighted by Crippen LogP contribution is 2.40. The van der Waals surface area contributed by atoms with E-state index in [0.717, 1.165) is 22.8 Å². The minimum absolute atomic E-state index is 0.277. The van der Waals surface area contributed by atoms with E-state index in [1.165, 1.54) is 36.0 Å². The van der Waals surface area contributed by atoms with Crippen molar-refractivity contribution < 1.29 is 14.2 Å². The second kappa shape index (κ2) is 9.88. The summed E-state index contributed by atoms with van der Waals surface area (Å²) in [6, 6.07) is 5.64. The van der Waals surface area contributed by atoms with Gasteiger partial charge in [-0.3, -0.25) is 0 Å². The predicted octanol–water partition coefficient (Wildman–Crippen LogP) is 7.33. The Balaban J connectivity index is 1.51. The van der Waals surface area contributed by atoms with E-state index in [4.69, 9.17) is 14.2 Å². The van der Waals surface area contributed by atoms with Gasteiger partial charge >= 0.3 is 0 Å². The molecule has 1 aliphatic heterocycles. The Kier molecular flexibility index (Phi) is 7.25. The first-order valence-corrected chi connectivity index (χ1v) is 10.8. The van der Waals surface area contributed by atoms with E-state index in [1.54, 1.807) is 0 Å². The van der Waals surface area contributed by atoms with Crippen LogP contribution in [0.1, 0.15) is 53.9 Å². The van der Waals surface area contributed by atoms with Gasteiger partial charge in [0.05, 0.1) is 0 Å². The molecule has 3 nitrogen and oxygen atoms in total. The molecule has 0 saturated heterocycles. The summed E-state index contributed by atoms with van der Waals surface area (Å²) in [7, 11) is 0. The van der Waals surface area contributed by atoms with Crippen LogP contribution in [0, 0.1) is 5.41 Å². The molecule has 2 aliphatic rings. The summed E-state index contributed by atoms with van der Waals surface area (Å²) < 4.78 is 16.5. The van der Waals surface area contributed by atoms with Gasteiger partial charge in [-0.2, -0.15) is 0 Å². The van der Waals surface area contributed by atoms with Gasteiger partial charge in [0.15, 0.2) is 11.5 Å². The Hall–Kier alpha value is -2.68. The third-order valence-corrected chi connectivity index (χ3v) is 5.77. The molecule has 0 unspecified atom stereocenters. The van der Waals surface area contributed by atoms with Crippen LogP contribution in [0.3, 0.4) is 0 Å². The van der Waals surface area contributed by atoms with Gasteiger partial charge in [-0.1, -0.05) is 60.9 Å². The van der Waals surface area contributed by atoms with Gasteiger partial charge in [-0.25, -0.2) is 0 Å². The normalized spacial score (nSPS) is 19.2. The molecule has 30 heavy (non-hydrogen) atoms. The lowest BCUT2D eigenvalue weighted by Gasteiger charge is -2.32. The molecule has 160 valence electrons. The molecule has 0 aromatic heterocycles. The molecule has 1 aromatic carbocycles. The highest BCUT2D eigenvalue weighted by atomic mass is 16.7. The van der Waals surface area contributed by atoms with Crippen molar-refractivity contribution in [1.29, 1.82) is 0 Å². The number of fused-ring (bicyclic) bond motifs is 1. The average Bonchev–Trinajstić information content (AvgIpc) is 3.15. The summed E-state index contributed by atoms with van der Waals surface area (Å²) >= 11 is 0. The van der Waals surface area contributed by atoms with Crippen LogP contribution < -0.4 is 14.2 Å². The van der Waals surface area contributed by atoms with Crippen molar-refractivity contribution in [2.75, 3.05) is 13.4 Å². The number of rotatable bonds is 7. The smallest absolute Gasteiger partial charge is 0.231 e. The molecule has 3 rings (SSSR count). The Labute approximate surface area is 181 Å². The molecule has 3 heteroatoms. The maximum absolute atomic E-state index is 5.79. The van der Waals surface area contributed by atoms with Gasteiger partial charge < -0.3 is 14.2 Å². The fourth-order valence-corrected chi connectivity index (χ4v) is 3.94. The lowest BCUT2D eigenvalue weighted by atomic mass is 9.72. The summed E-state index contributed by atoms with van der Waals surface area (Å²) in [5, 5.41) is 0. The van der Waals surface area contributed by atoms with E-state index in [0.29, 0.717) is 6.61 Å². The first kappa shape index (κ1) is 22.0. The third kappa shape index (κ3) is 5.91. The molecule has 1 aromatic rings. The Morgan fingerprint density at radius 1 is 1.10 bits per heavy atom. The Morgan fingerprint density at radius 3 is 2.70 bits per heavy atom. The van der Waals surface area contributed by atoms with Crippen LogP contribution in [-0.2, 0) is 0 Å². The topological polar surface area (TPSA) is 27.7 Å². The summed E-state index contributed by atoms with van der Waals surface area (Å²) in [4.78, 5) is 0. The molecule has 0 saturated carbocycles. The van der Waals surface area contributed by atoms with E-state index < -0.39 is 0 Å². The molecular weight excluding hydrogens is 372 g/mol. The number of allylic oxidation sites excluding steroid dienone is 9. The van der Waals surface area contributed by atoms with Gasteiger partial charge in [-0.05, 0) is 69.2 Å². The second-order valence-electron chi connectivity index (χ2n) is 8.81. The predicted molar refractivity (Wildman–Crippen MR) is 124 cm³/mol. The zero-order valence-corrected chi connectivity index (χ0v) is 19.0. The highest BCUT2D eigenvalue weighted by molar-refractivity contribution is 5.47. The summed E-state index contributed by atoms with van der Waals surface area (Å²) in [5.41, 5.74) is 5.73. The van der Waals surface area contributed by atoms with Crippen molar-refractivity contribution >= 4 is 0 Å². The van der Waals surface area contributed by atoms with Crippen molar-refractivity contribution in [3.63, 3.8) is 0 Å². The Bertz CT molecular complexity index is 910. The van der Waals surface area contributed by atoms with Crippen molar-refractivity contribution in [2.24, 2.45) is 5.41 Å². The fraction of sp³-hybridized carbons (Fsp3) is 0.407. The van der Waals surface area contributed by atoms with Gasteiger partial charge in [0.2, 0.25) is 6.79 Å². The van der Waals surface area contributed by atoms with Crippen LogP contribution in [-0.4, -0.2) is 13.4 Å². The van der Waals surface area contributed by atoms with E-state index in [-0.39, 0.29) is 12.2 Å². The molecule has 0 radical (unpaired) electrons. The quantitative estimate of drug-likeness (QED) is 0.444. The third-order valence-electron chi connectivity index (χ3n) is 5.77. The first-order chi connectivity index (χ1) is 14.3. The number of hydrogen-bond donors (Lipinski definition) is 0. The number of ether oxygens (including phenoxy) is 3. The van der Waals surface area contributed by atoms with Gasteiger partial charge in [-0.15, -0.1) is 0 Å². The number of benzene rings is 1. The van der Waals surface area contributed by atoms with Crippen LogP contribution in [0.2, 0.25) is 0 Å². The average molecular weight is 407 g/mol. The molecular formula is C27H34O3. The first-order valence-electron chi connectivity index (χ1n) is 10.8. The maximum atomic E-state index is 5.79. The molecule has 0 fully saturated rings. The van der Waals surface area contributed by atoms with Crippen LogP contribution >= 0.6 is 0 Å². The van der Waals surface area contributed by atoms with Crippen LogP contribution in [0.5, 0.6) is 17.2 Å². The van der Waals surface area contributed by atoms with Crippen LogP contribution in [0.25, 0.3) is 0 Å². The van der Waals surface area contributed by atoms with Crippen molar-refractivity contribution in [2.45, 2.75) is 53.9 Å². The minimum atomic E-state index is 0.277. The van der Waals surface area contributed by atoms with E-state index in [9.17, 15) is 0 Å². The monoisotopic (exact) mass is 406 g/mol. The molecule has 0 bridgehead atoms. The standard InChI is InChI=1S/C27H34O3/c1-20(11-13-24-22(3)10-7-16-27(24,4)5)8-6-9-21(2)15-17-28-23-12-14-25-26(18-23)30-19-29-25/h6,8-9,11-15,18H,7,10,16-17,19H2,1-5H3/b9-6+,13-11+,20-8+,21-15+. The summed E-state index contributed by atoms with van der Waals surface area (Å²) in [6.07, 6.45) is 16.8. The maximum Gasteiger partial charge on any atom is 0.231 e. The lowest BCUT2D eigenvalue weighted by Crippen LogP contribution is -2.19. The minimum Gasteiger partial charge on any atom is -0.489 e. The molecule has 0 atom stereocenters. The summed E-state index contributed by atoms with van der Waals surface area (Å²) in [6.45, 7) is 12.0. The second-order valence-corrected chi connectivity index (χ2v) is 8.81. The van der Waals surface area contributed by atoms with Gasteiger partial charge in [0, 0.05) is 6.07 Å². The fourth-order valence-electron chi connectivity index (χ4n) is 3.94. The van der Waals surface area contributed by atoms with Gasteiger partial charge in [0.25, 0.3) is 0 Å². The van der Waals surface area contributed by atoms with Crippen molar-refractivity contribution in [3.8, 4) is 17.2 Å². The van der Waals surface area contributed by atoms with Gasteiger partial charge in [0.1, 0.15) is 12.4 Å². The molecule has 0 spiro atoms. The molecule has 0 N–H and O–H groups in total.